The van der Waals surface area contributed by atoms with Crippen LogP contribution in [0.1, 0.15) is 12.8 Å². The molecule has 82 valence electrons. The van der Waals surface area contributed by atoms with Gasteiger partial charge >= 0.3 is 0 Å². The van der Waals surface area contributed by atoms with Gasteiger partial charge in [-0.1, -0.05) is 11.6 Å². The summed E-state index contributed by atoms with van der Waals surface area (Å²) in [6.07, 6.45) is 2.51. The van der Waals surface area contributed by atoms with Crippen molar-refractivity contribution in [2.24, 2.45) is 0 Å². The van der Waals surface area contributed by atoms with Crippen molar-refractivity contribution >= 4 is 17.4 Å². The number of nitrogens with one attached hydrogen (secondary N) is 1. The molecule has 5 heteroatoms. The van der Waals surface area contributed by atoms with Crippen LogP contribution in [-0.2, 0) is 0 Å². The van der Waals surface area contributed by atoms with Crippen LogP contribution in [0.5, 0.6) is 0 Å². The van der Waals surface area contributed by atoms with Crippen LogP contribution in [0.4, 0.5) is 5.82 Å². The molecule has 1 aliphatic heterocycles. The fourth-order valence-electron chi connectivity index (χ4n) is 1.85. The van der Waals surface area contributed by atoms with Gasteiger partial charge in [0, 0.05) is 19.6 Å². The molecule has 2 rings (SSSR count). The molecular weight excluding hydrogens is 212 g/mol. The average Bonchev–Trinajstić information content (AvgIpc) is 2.71. The van der Waals surface area contributed by atoms with Crippen molar-refractivity contribution < 1.29 is 0 Å². The van der Waals surface area contributed by atoms with Crippen LogP contribution < -0.4 is 10.2 Å². The molecule has 1 aliphatic rings. The molecule has 0 radical (unpaired) electrons. The second-order valence-corrected chi connectivity index (χ2v) is 4.28. The molecule has 1 N–H and O–H groups in total. The molecule has 1 aromatic heterocycles. The molecule has 0 saturated carbocycles. The summed E-state index contributed by atoms with van der Waals surface area (Å²) < 4.78 is 0. The molecule has 1 atom stereocenters. The van der Waals surface area contributed by atoms with Crippen LogP contribution in [-0.4, -0.2) is 36.4 Å². The summed E-state index contributed by atoms with van der Waals surface area (Å²) in [5.74, 6) is 0.869. The summed E-state index contributed by atoms with van der Waals surface area (Å²) in [7, 11) is 2.03. The van der Waals surface area contributed by atoms with Crippen molar-refractivity contribution in [2.45, 2.75) is 18.9 Å². The average molecular weight is 227 g/mol. The van der Waals surface area contributed by atoms with Crippen molar-refractivity contribution in [3.63, 3.8) is 0 Å². The normalized spacial score (nSPS) is 20.5. The van der Waals surface area contributed by atoms with E-state index in [1.165, 1.54) is 12.8 Å². The highest BCUT2D eigenvalue weighted by molar-refractivity contribution is 6.29. The van der Waals surface area contributed by atoms with E-state index in [9.17, 15) is 0 Å². The Labute approximate surface area is 94.6 Å². The molecule has 1 fully saturated rings. The minimum absolute atomic E-state index is 0.436. The minimum atomic E-state index is 0.436. The van der Waals surface area contributed by atoms with Gasteiger partial charge in [-0.05, 0) is 31.5 Å². The Balaban J connectivity index is 1.94. The zero-order valence-corrected chi connectivity index (χ0v) is 9.54. The van der Waals surface area contributed by atoms with Gasteiger partial charge < -0.3 is 10.2 Å². The van der Waals surface area contributed by atoms with Crippen molar-refractivity contribution in [3.8, 4) is 0 Å². The fourth-order valence-corrected chi connectivity index (χ4v) is 1.95. The van der Waals surface area contributed by atoms with E-state index in [-0.39, 0.29) is 0 Å². The first-order valence-electron chi connectivity index (χ1n) is 5.19. The topological polar surface area (TPSA) is 41.0 Å². The van der Waals surface area contributed by atoms with Crippen molar-refractivity contribution in [1.82, 2.24) is 15.5 Å². The molecule has 0 unspecified atom stereocenters. The van der Waals surface area contributed by atoms with Crippen LogP contribution in [0, 0.1) is 0 Å². The summed E-state index contributed by atoms with van der Waals surface area (Å²) in [5, 5.41) is 11.8. The lowest BCUT2D eigenvalue weighted by atomic mass is 10.2. The molecule has 0 spiro atoms. The van der Waals surface area contributed by atoms with Crippen LogP contribution in [0.25, 0.3) is 0 Å². The van der Waals surface area contributed by atoms with E-state index in [0.29, 0.717) is 11.2 Å². The number of likely N-dealkylation sites (N-methyl/N-ethyl adjacent to an activating group) is 1. The molecule has 0 aromatic carbocycles. The molecule has 1 aromatic rings. The number of hydrogen-bond donors (Lipinski definition) is 1. The molecule has 0 amide bonds. The third kappa shape index (κ3) is 2.79. The van der Waals surface area contributed by atoms with Gasteiger partial charge in [0.1, 0.15) is 0 Å². The van der Waals surface area contributed by atoms with Gasteiger partial charge in [0.15, 0.2) is 11.0 Å². The SMILES string of the molecule is CN(C[C@H]1CCCN1)c1ccc(Cl)nn1. The zero-order chi connectivity index (χ0) is 10.7. The van der Waals surface area contributed by atoms with Gasteiger partial charge in [0.25, 0.3) is 0 Å². The number of halogens is 1. The summed E-state index contributed by atoms with van der Waals surface area (Å²) in [6.45, 7) is 2.10. The lowest BCUT2D eigenvalue weighted by Gasteiger charge is -2.21. The third-order valence-corrected chi connectivity index (χ3v) is 2.87. The van der Waals surface area contributed by atoms with Crippen LogP contribution >= 0.6 is 11.6 Å². The smallest absolute Gasteiger partial charge is 0.151 e. The monoisotopic (exact) mass is 226 g/mol. The number of hydrogen-bond acceptors (Lipinski definition) is 4. The van der Waals surface area contributed by atoms with E-state index < -0.39 is 0 Å². The second kappa shape index (κ2) is 4.77. The highest BCUT2D eigenvalue weighted by Crippen LogP contribution is 2.13. The van der Waals surface area contributed by atoms with Crippen molar-refractivity contribution in [2.75, 3.05) is 25.0 Å². The zero-order valence-electron chi connectivity index (χ0n) is 8.78. The highest BCUT2D eigenvalue weighted by atomic mass is 35.5. The summed E-state index contributed by atoms with van der Waals surface area (Å²) >= 11 is 5.68. The predicted octanol–water partition coefficient (Wildman–Crippen LogP) is 1.32. The maximum absolute atomic E-state index is 5.68. The van der Waals surface area contributed by atoms with Gasteiger partial charge in [0.05, 0.1) is 0 Å². The Kier molecular flexibility index (Phi) is 3.38. The molecule has 0 bridgehead atoms. The maximum Gasteiger partial charge on any atom is 0.151 e. The Morgan fingerprint density at radius 3 is 3.00 bits per heavy atom. The van der Waals surface area contributed by atoms with E-state index in [1.54, 1.807) is 6.07 Å². The maximum atomic E-state index is 5.68. The Hall–Kier alpha value is -0.870. The Morgan fingerprint density at radius 2 is 2.40 bits per heavy atom. The molecular formula is C10H15ClN4. The first-order chi connectivity index (χ1) is 7.25. The first-order valence-corrected chi connectivity index (χ1v) is 5.57. The highest BCUT2D eigenvalue weighted by Gasteiger charge is 2.16. The second-order valence-electron chi connectivity index (χ2n) is 3.89. The van der Waals surface area contributed by atoms with Gasteiger partial charge in [-0.15, -0.1) is 10.2 Å². The molecule has 0 aliphatic carbocycles. The summed E-state index contributed by atoms with van der Waals surface area (Å²) in [6, 6.07) is 4.24. The van der Waals surface area contributed by atoms with E-state index >= 15 is 0 Å². The number of nitrogens with zero attached hydrogens (tertiary/aromatic N) is 3. The van der Waals surface area contributed by atoms with Crippen molar-refractivity contribution in [1.29, 1.82) is 0 Å². The minimum Gasteiger partial charge on any atom is -0.357 e. The van der Waals surface area contributed by atoms with Gasteiger partial charge in [0.2, 0.25) is 0 Å². The molecule has 2 heterocycles. The number of rotatable bonds is 3. The fraction of sp³-hybridized carbons (Fsp3) is 0.600. The third-order valence-electron chi connectivity index (χ3n) is 2.67. The molecule has 4 nitrogen and oxygen atoms in total. The van der Waals surface area contributed by atoms with Crippen LogP contribution in [0.15, 0.2) is 12.1 Å². The predicted molar refractivity (Wildman–Crippen MR) is 61.3 cm³/mol. The van der Waals surface area contributed by atoms with Crippen molar-refractivity contribution in [3.05, 3.63) is 17.3 Å². The Bertz CT molecular complexity index is 308. The largest absolute Gasteiger partial charge is 0.357 e. The molecule has 15 heavy (non-hydrogen) atoms. The van der Waals surface area contributed by atoms with E-state index in [0.717, 1.165) is 18.9 Å². The number of anilines is 1. The summed E-state index contributed by atoms with van der Waals surface area (Å²) in [5.41, 5.74) is 0. The Morgan fingerprint density at radius 1 is 1.53 bits per heavy atom. The van der Waals surface area contributed by atoms with Crippen LogP contribution in [0.3, 0.4) is 0 Å². The quantitative estimate of drug-likeness (QED) is 0.844. The van der Waals surface area contributed by atoms with Gasteiger partial charge in [-0.2, -0.15) is 0 Å². The number of aromatic nitrogens is 2. The lowest BCUT2D eigenvalue weighted by Crippen LogP contribution is -2.35. The van der Waals surface area contributed by atoms with Gasteiger partial charge in [-0.3, -0.25) is 0 Å². The van der Waals surface area contributed by atoms with E-state index in [4.69, 9.17) is 11.6 Å². The summed E-state index contributed by atoms with van der Waals surface area (Å²) in [4.78, 5) is 2.10. The lowest BCUT2D eigenvalue weighted by molar-refractivity contribution is 0.596. The standard InChI is InChI=1S/C10H15ClN4/c1-15(7-8-3-2-6-12-8)10-5-4-9(11)13-14-10/h4-5,8,12H,2-3,6-7H2,1H3/t8-/m1/s1. The van der Waals surface area contributed by atoms with E-state index in [1.807, 2.05) is 13.1 Å². The van der Waals surface area contributed by atoms with E-state index in [2.05, 4.69) is 20.4 Å². The van der Waals surface area contributed by atoms with Crippen LogP contribution in [0.2, 0.25) is 5.15 Å². The molecule has 1 saturated heterocycles. The van der Waals surface area contributed by atoms with Gasteiger partial charge in [-0.25, -0.2) is 0 Å². The first kappa shape index (κ1) is 10.6.